The summed E-state index contributed by atoms with van der Waals surface area (Å²) >= 11 is 0. The maximum absolute atomic E-state index is 11.1. The molecule has 2 N–H and O–H groups in total. The van der Waals surface area contributed by atoms with Crippen LogP contribution in [0.3, 0.4) is 0 Å². The van der Waals surface area contributed by atoms with E-state index in [1.807, 2.05) is 0 Å². The van der Waals surface area contributed by atoms with Gasteiger partial charge in [0, 0.05) is 0 Å². The Morgan fingerprint density at radius 3 is 2.17 bits per heavy atom. The second kappa shape index (κ2) is 4.21. The molecule has 2 nitrogen and oxygen atoms in total. The first-order valence-corrected chi connectivity index (χ1v) is 7.86. The first kappa shape index (κ1) is 12.9. The zero-order valence-corrected chi connectivity index (χ0v) is 11.9. The number of hydrogen-bond donors (Lipinski definition) is 2. The van der Waals surface area contributed by atoms with Crippen LogP contribution in [0.2, 0.25) is 0 Å². The van der Waals surface area contributed by atoms with Crippen molar-refractivity contribution in [3.63, 3.8) is 0 Å². The van der Waals surface area contributed by atoms with Gasteiger partial charge in [-0.3, -0.25) is 0 Å². The average Bonchev–Trinajstić information content (AvgIpc) is 2.23. The summed E-state index contributed by atoms with van der Waals surface area (Å²) in [6.45, 7) is 4.51. The first-order valence-electron chi connectivity index (χ1n) is 7.86. The van der Waals surface area contributed by atoms with Crippen molar-refractivity contribution in [2.24, 2.45) is 23.7 Å². The van der Waals surface area contributed by atoms with Crippen LogP contribution in [0.25, 0.3) is 0 Å². The highest BCUT2D eigenvalue weighted by Gasteiger charge is 2.60. The first-order chi connectivity index (χ1) is 8.41. The van der Waals surface area contributed by atoms with Crippen LogP contribution in [0, 0.1) is 23.7 Å². The van der Waals surface area contributed by atoms with Gasteiger partial charge in [-0.1, -0.05) is 26.7 Å². The molecule has 0 aromatic heterocycles. The fourth-order valence-electron chi connectivity index (χ4n) is 5.24. The molecule has 4 fully saturated rings. The van der Waals surface area contributed by atoms with Crippen LogP contribution in [-0.2, 0) is 0 Å². The molecule has 0 aromatic carbocycles. The predicted molar refractivity (Wildman–Crippen MR) is 72.1 cm³/mol. The molecule has 4 saturated carbocycles. The van der Waals surface area contributed by atoms with Crippen molar-refractivity contribution < 1.29 is 10.2 Å². The summed E-state index contributed by atoms with van der Waals surface area (Å²) in [6, 6.07) is 0. The minimum Gasteiger partial charge on any atom is -0.390 e. The molecule has 4 aliphatic carbocycles. The van der Waals surface area contributed by atoms with Gasteiger partial charge in [0.15, 0.2) is 0 Å². The molecule has 104 valence electrons. The lowest BCUT2D eigenvalue weighted by Crippen LogP contribution is -2.63. The van der Waals surface area contributed by atoms with Crippen LogP contribution in [-0.4, -0.2) is 21.4 Å². The second-order valence-electron chi connectivity index (χ2n) is 7.85. The molecule has 4 aliphatic rings. The lowest BCUT2D eigenvalue weighted by atomic mass is 9.47. The van der Waals surface area contributed by atoms with E-state index in [4.69, 9.17) is 0 Å². The zero-order chi connectivity index (χ0) is 13.0. The van der Waals surface area contributed by atoms with Gasteiger partial charge in [-0.15, -0.1) is 0 Å². The third-order valence-electron chi connectivity index (χ3n) is 5.93. The lowest BCUT2D eigenvalue weighted by molar-refractivity contribution is -0.229. The number of aliphatic hydroxyl groups is 2. The normalized spacial score (nSPS) is 50.2. The van der Waals surface area contributed by atoms with Gasteiger partial charge in [0.05, 0.1) is 11.2 Å². The van der Waals surface area contributed by atoms with Gasteiger partial charge in [-0.2, -0.15) is 0 Å². The molecule has 0 aromatic rings. The Morgan fingerprint density at radius 1 is 1.06 bits per heavy atom. The van der Waals surface area contributed by atoms with Crippen molar-refractivity contribution in [3.8, 4) is 0 Å². The SMILES string of the molecule is CC(C)CCCC1(O)C2CC3CC1CC(O)(C3)C2. The second-order valence-corrected chi connectivity index (χ2v) is 7.85. The van der Waals surface area contributed by atoms with Gasteiger partial charge in [0.1, 0.15) is 0 Å². The Kier molecular flexibility index (Phi) is 3.02. The minimum atomic E-state index is -0.446. The summed E-state index contributed by atoms with van der Waals surface area (Å²) in [5, 5.41) is 21.6. The highest BCUT2D eigenvalue weighted by atomic mass is 16.3. The van der Waals surface area contributed by atoms with Crippen LogP contribution in [0.15, 0.2) is 0 Å². The van der Waals surface area contributed by atoms with Gasteiger partial charge >= 0.3 is 0 Å². The molecule has 0 aliphatic heterocycles. The van der Waals surface area contributed by atoms with E-state index in [1.165, 1.54) is 6.42 Å². The summed E-state index contributed by atoms with van der Waals surface area (Å²) in [7, 11) is 0. The maximum Gasteiger partial charge on any atom is 0.0706 e. The quantitative estimate of drug-likeness (QED) is 0.807. The molecule has 0 spiro atoms. The van der Waals surface area contributed by atoms with Crippen molar-refractivity contribution in [1.29, 1.82) is 0 Å². The van der Waals surface area contributed by atoms with Crippen molar-refractivity contribution in [3.05, 3.63) is 0 Å². The van der Waals surface area contributed by atoms with Crippen molar-refractivity contribution in [2.45, 2.75) is 76.4 Å². The zero-order valence-electron chi connectivity index (χ0n) is 11.9. The molecule has 4 rings (SSSR count). The summed E-state index contributed by atoms with van der Waals surface area (Å²) in [4.78, 5) is 0. The molecule has 0 radical (unpaired) electrons. The highest BCUT2D eigenvalue weighted by molar-refractivity contribution is 5.12. The number of hydrogen-bond acceptors (Lipinski definition) is 2. The third-order valence-corrected chi connectivity index (χ3v) is 5.93. The summed E-state index contributed by atoms with van der Waals surface area (Å²) in [6.07, 6.45) is 8.37. The van der Waals surface area contributed by atoms with E-state index in [0.717, 1.165) is 50.9 Å². The van der Waals surface area contributed by atoms with E-state index in [0.29, 0.717) is 17.8 Å². The molecule has 0 amide bonds. The average molecular weight is 252 g/mol. The van der Waals surface area contributed by atoms with Crippen LogP contribution >= 0.6 is 0 Å². The van der Waals surface area contributed by atoms with E-state index in [-0.39, 0.29) is 0 Å². The van der Waals surface area contributed by atoms with Gasteiger partial charge in [-0.05, 0) is 62.2 Å². The minimum absolute atomic E-state index is 0.376. The monoisotopic (exact) mass is 252 g/mol. The molecule has 2 atom stereocenters. The largest absolute Gasteiger partial charge is 0.390 e. The van der Waals surface area contributed by atoms with E-state index >= 15 is 0 Å². The topological polar surface area (TPSA) is 40.5 Å². The van der Waals surface area contributed by atoms with Crippen LogP contribution in [0.5, 0.6) is 0 Å². The van der Waals surface area contributed by atoms with Gasteiger partial charge in [0.25, 0.3) is 0 Å². The lowest BCUT2D eigenvalue weighted by Gasteiger charge is -2.62. The fourth-order valence-corrected chi connectivity index (χ4v) is 5.24. The van der Waals surface area contributed by atoms with Crippen LogP contribution in [0.1, 0.15) is 65.2 Å². The van der Waals surface area contributed by atoms with E-state index < -0.39 is 11.2 Å². The van der Waals surface area contributed by atoms with Crippen molar-refractivity contribution in [2.75, 3.05) is 0 Å². The molecule has 4 bridgehead atoms. The molecule has 0 saturated heterocycles. The summed E-state index contributed by atoms with van der Waals surface area (Å²) in [5.74, 6) is 2.18. The standard InChI is InChI=1S/C16H28O2/c1-11(2)4-3-5-16(18)13-6-12-7-14(16)10-15(17,8-12)9-13/h11-14,17-18H,3-10H2,1-2H3. The summed E-state index contributed by atoms with van der Waals surface area (Å²) < 4.78 is 0. The molecule has 2 unspecified atom stereocenters. The molecule has 18 heavy (non-hydrogen) atoms. The molecule has 2 heteroatoms. The Morgan fingerprint density at radius 2 is 1.67 bits per heavy atom. The van der Waals surface area contributed by atoms with Gasteiger partial charge in [-0.25, -0.2) is 0 Å². The Bertz CT molecular complexity index is 307. The predicted octanol–water partition coefficient (Wildman–Crippen LogP) is 3.11. The van der Waals surface area contributed by atoms with Crippen LogP contribution < -0.4 is 0 Å². The molecule has 0 heterocycles. The van der Waals surface area contributed by atoms with Gasteiger partial charge in [0.2, 0.25) is 0 Å². The van der Waals surface area contributed by atoms with Crippen molar-refractivity contribution in [1.82, 2.24) is 0 Å². The third kappa shape index (κ3) is 2.02. The summed E-state index contributed by atoms with van der Waals surface area (Å²) in [5.41, 5.74) is -0.862. The highest BCUT2D eigenvalue weighted by Crippen LogP contribution is 2.61. The Labute approximate surface area is 111 Å². The van der Waals surface area contributed by atoms with Crippen molar-refractivity contribution >= 4 is 0 Å². The maximum atomic E-state index is 11.1. The molecular weight excluding hydrogens is 224 g/mol. The van der Waals surface area contributed by atoms with Gasteiger partial charge < -0.3 is 10.2 Å². The fraction of sp³-hybridized carbons (Fsp3) is 1.00. The Balaban J connectivity index is 1.69. The molecular formula is C16H28O2. The smallest absolute Gasteiger partial charge is 0.0706 e. The van der Waals surface area contributed by atoms with E-state index in [1.54, 1.807) is 0 Å². The number of rotatable bonds is 4. The van der Waals surface area contributed by atoms with E-state index in [2.05, 4.69) is 13.8 Å². The Hall–Kier alpha value is -0.0800. The van der Waals surface area contributed by atoms with E-state index in [9.17, 15) is 10.2 Å². The van der Waals surface area contributed by atoms with Crippen LogP contribution in [0.4, 0.5) is 0 Å².